The average Bonchev–Trinajstić information content (AvgIpc) is 2.40. The topological polar surface area (TPSA) is 41.1 Å². The van der Waals surface area contributed by atoms with Crippen LogP contribution in [-0.2, 0) is 0 Å². The Kier molecular flexibility index (Phi) is 2.86. The highest BCUT2D eigenvalue weighted by atomic mass is 16.1. The van der Waals surface area contributed by atoms with Gasteiger partial charge in [-0.2, -0.15) is 0 Å². The number of carbonyl (C=O) groups is 1. The molecular formula is C13H18N2O. The number of hydrogen-bond acceptors (Lipinski definition) is 2. The molecule has 1 unspecified atom stereocenters. The third-order valence-electron chi connectivity index (χ3n) is 3.14. The number of benzene rings is 1. The quantitative estimate of drug-likeness (QED) is 0.758. The highest BCUT2D eigenvalue weighted by Gasteiger charge is 2.23. The molecular weight excluding hydrogens is 200 g/mol. The lowest BCUT2D eigenvalue weighted by atomic mass is 10.0. The second kappa shape index (κ2) is 4.16. The summed E-state index contributed by atoms with van der Waals surface area (Å²) in [6.45, 7) is 7.06. The smallest absolute Gasteiger partial charge is 0.253 e. The summed E-state index contributed by atoms with van der Waals surface area (Å²) in [5, 5.41) is 6.43. The summed E-state index contributed by atoms with van der Waals surface area (Å²) in [5.74, 6) is 0.466. The van der Waals surface area contributed by atoms with Gasteiger partial charge in [0.1, 0.15) is 0 Å². The maximum absolute atomic E-state index is 12.0. The molecule has 2 N–H and O–H groups in total. The molecule has 0 saturated heterocycles. The normalized spacial score (nSPS) is 19.8. The van der Waals surface area contributed by atoms with Crippen molar-refractivity contribution in [2.75, 3.05) is 11.9 Å². The van der Waals surface area contributed by atoms with E-state index in [2.05, 4.69) is 24.5 Å². The number of para-hydroxylation sites is 1. The molecule has 0 fully saturated rings. The molecule has 0 aliphatic carbocycles. The fourth-order valence-electron chi connectivity index (χ4n) is 2.00. The minimum atomic E-state index is 0.0300. The van der Waals surface area contributed by atoms with Crippen molar-refractivity contribution in [1.29, 1.82) is 0 Å². The van der Waals surface area contributed by atoms with Crippen LogP contribution in [0.5, 0.6) is 0 Å². The van der Waals surface area contributed by atoms with Crippen LogP contribution in [0, 0.1) is 12.8 Å². The number of rotatable bonds is 1. The van der Waals surface area contributed by atoms with Crippen LogP contribution >= 0.6 is 0 Å². The second-order valence-corrected chi connectivity index (χ2v) is 4.70. The average molecular weight is 218 g/mol. The van der Waals surface area contributed by atoms with Crippen LogP contribution in [0.2, 0.25) is 0 Å². The minimum absolute atomic E-state index is 0.0300. The lowest BCUT2D eigenvalue weighted by molar-refractivity contribution is 0.0933. The van der Waals surface area contributed by atoms with Gasteiger partial charge >= 0.3 is 0 Å². The lowest BCUT2D eigenvalue weighted by Crippen LogP contribution is -2.40. The van der Waals surface area contributed by atoms with E-state index in [1.54, 1.807) is 0 Å². The highest BCUT2D eigenvalue weighted by Crippen LogP contribution is 2.23. The van der Waals surface area contributed by atoms with Crippen LogP contribution < -0.4 is 10.6 Å². The third-order valence-corrected chi connectivity index (χ3v) is 3.14. The van der Waals surface area contributed by atoms with Gasteiger partial charge in [-0.1, -0.05) is 26.0 Å². The SMILES string of the molecule is Cc1cccc2c1NCC(C(C)C)NC2=O. The van der Waals surface area contributed by atoms with Crippen molar-refractivity contribution in [2.45, 2.75) is 26.8 Å². The fourth-order valence-corrected chi connectivity index (χ4v) is 2.00. The molecule has 86 valence electrons. The monoisotopic (exact) mass is 218 g/mol. The maximum Gasteiger partial charge on any atom is 0.253 e. The molecule has 0 spiro atoms. The minimum Gasteiger partial charge on any atom is -0.382 e. The van der Waals surface area contributed by atoms with Crippen molar-refractivity contribution in [3.05, 3.63) is 29.3 Å². The van der Waals surface area contributed by atoms with E-state index in [4.69, 9.17) is 0 Å². The second-order valence-electron chi connectivity index (χ2n) is 4.70. The number of carbonyl (C=O) groups excluding carboxylic acids is 1. The van der Waals surface area contributed by atoms with E-state index < -0.39 is 0 Å². The van der Waals surface area contributed by atoms with Crippen LogP contribution in [0.1, 0.15) is 29.8 Å². The number of aryl methyl sites for hydroxylation is 1. The van der Waals surface area contributed by atoms with E-state index in [0.29, 0.717) is 5.92 Å². The maximum atomic E-state index is 12.0. The van der Waals surface area contributed by atoms with Crippen LogP contribution in [0.15, 0.2) is 18.2 Å². The summed E-state index contributed by atoms with van der Waals surface area (Å²) in [5.41, 5.74) is 2.85. The number of fused-ring (bicyclic) bond motifs is 1. The van der Waals surface area contributed by atoms with Gasteiger partial charge in [0.15, 0.2) is 0 Å². The number of nitrogens with one attached hydrogen (secondary N) is 2. The molecule has 1 aliphatic heterocycles. The summed E-state index contributed by atoms with van der Waals surface area (Å²) in [6.07, 6.45) is 0. The zero-order valence-corrected chi connectivity index (χ0v) is 10.0. The first-order valence-corrected chi connectivity index (χ1v) is 5.74. The van der Waals surface area contributed by atoms with Gasteiger partial charge in [0, 0.05) is 18.3 Å². The van der Waals surface area contributed by atoms with E-state index in [1.165, 1.54) is 0 Å². The Labute approximate surface area is 96.2 Å². The van der Waals surface area contributed by atoms with Gasteiger partial charge in [0.05, 0.1) is 5.56 Å². The predicted molar refractivity (Wildman–Crippen MR) is 65.8 cm³/mol. The van der Waals surface area contributed by atoms with Crippen molar-refractivity contribution in [3.8, 4) is 0 Å². The van der Waals surface area contributed by atoms with Gasteiger partial charge in [-0.3, -0.25) is 4.79 Å². The van der Waals surface area contributed by atoms with Crippen molar-refractivity contribution in [1.82, 2.24) is 5.32 Å². The largest absolute Gasteiger partial charge is 0.382 e. The van der Waals surface area contributed by atoms with Crippen LogP contribution in [0.25, 0.3) is 0 Å². The van der Waals surface area contributed by atoms with Gasteiger partial charge in [-0.05, 0) is 24.5 Å². The first kappa shape index (κ1) is 11.0. The summed E-state index contributed by atoms with van der Waals surface area (Å²) in [7, 11) is 0. The molecule has 0 aromatic heterocycles. The molecule has 1 aromatic carbocycles. The standard InChI is InChI=1S/C13H18N2O/c1-8(2)11-7-14-12-9(3)5-4-6-10(12)13(16)15-11/h4-6,8,11,14H,7H2,1-3H3,(H,15,16). The third kappa shape index (κ3) is 1.90. The van der Waals surface area contributed by atoms with E-state index in [1.807, 2.05) is 25.1 Å². The Balaban J connectivity index is 2.36. The summed E-state index contributed by atoms with van der Waals surface area (Å²) in [6, 6.07) is 6.01. The fraction of sp³-hybridized carbons (Fsp3) is 0.462. The van der Waals surface area contributed by atoms with Crippen molar-refractivity contribution < 1.29 is 4.79 Å². The number of hydrogen-bond donors (Lipinski definition) is 2. The first-order valence-electron chi connectivity index (χ1n) is 5.74. The highest BCUT2D eigenvalue weighted by molar-refractivity contribution is 6.01. The van der Waals surface area contributed by atoms with E-state index in [-0.39, 0.29) is 11.9 Å². The zero-order chi connectivity index (χ0) is 11.7. The van der Waals surface area contributed by atoms with Gasteiger partial charge in [-0.15, -0.1) is 0 Å². The van der Waals surface area contributed by atoms with Gasteiger partial charge < -0.3 is 10.6 Å². The van der Waals surface area contributed by atoms with Crippen LogP contribution in [0.3, 0.4) is 0 Å². The lowest BCUT2D eigenvalue weighted by Gasteiger charge is -2.19. The molecule has 3 heteroatoms. The van der Waals surface area contributed by atoms with Crippen LogP contribution in [0.4, 0.5) is 5.69 Å². The van der Waals surface area contributed by atoms with Crippen molar-refractivity contribution in [2.24, 2.45) is 5.92 Å². The molecule has 1 heterocycles. The Morgan fingerprint density at radius 2 is 2.12 bits per heavy atom. The van der Waals surface area contributed by atoms with Crippen molar-refractivity contribution in [3.63, 3.8) is 0 Å². The number of anilines is 1. The Morgan fingerprint density at radius 3 is 2.81 bits per heavy atom. The van der Waals surface area contributed by atoms with E-state index >= 15 is 0 Å². The predicted octanol–water partition coefficient (Wildman–Crippen LogP) is 2.17. The van der Waals surface area contributed by atoms with Gasteiger partial charge in [-0.25, -0.2) is 0 Å². The summed E-state index contributed by atoms with van der Waals surface area (Å²) < 4.78 is 0. The van der Waals surface area contributed by atoms with Crippen molar-refractivity contribution >= 4 is 11.6 Å². The molecule has 1 aromatic rings. The molecule has 0 bridgehead atoms. The molecule has 1 atom stereocenters. The first-order chi connectivity index (χ1) is 7.59. The Bertz CT molecular complexity index is 412. The molecule has 3 nitrogen and oxygen atoms in total. The van der Waals surface area contributed by atoms with Gasteiger partial charge in [0.25, 0.3) is 5.91 Å². The molecule has 1 aliphatic rings. The van der Waals surface area contributed by atoms with E-state index in [0.717, 1.165) is 23.4 Å². The molecule has 0 radical (unpaired) electrons. The summed E-state index contributed by atoms with van der Waals surface area (Å²) in [4.78, 5) is 12.0. The Hall–Kier alpha value is -1.51. The summed E-state index contributed by atoms with van der Waals surface area (Å²) >= 11 is 0. The zero-order valence-electron chi connectivity index (χ0n) is 10.0. The molecule has 2 rings (SSSR count). The molecule has 16 heavy (non-hydrogen) atoms. The Morgan fingerprint density at radius 1 is 1.38 bits per heavy atom. The molecule has 1 amide bonds. The number of amides is 1. The molecule has 0 saturated carbocycles. The van der Waals surface area contributed by atoms with Crippen LogP contribution in [-0.4, -0.2) is 18.5 Å². The van der Waals surface area contributed by atoms with Gasteiger partial charge in [0.2, 0.25) is 0 Å². The van der Waals surface area contributed by atoms with E-state index in [9.17, 15) is 4.79 Å².